The molecule has 2 atom stereocenters. The van der Waals surface area contributed by atoms with Crippen LogP contribution >= 0.6 is 11.6 Å². The topological polar surface area (TPSA) is 91.2 Å². The van der Waals surface area contributed by atoms with Gasteiger partial charge in [-0.3, -0.25) is 9.11 Å². The van der Waals surface area contributed by atoms with Crippen LogP contribution in [0.2, 0.25) is 5.02 Å². The van der Waals surface area contributed by atoms with Crippen molar-refractivity contribution in [3.63, 3.8) is 0 Å². The van der Waals surface area contributed by atoms with Gasteiger partial charge in [-0.15, -0.1) is 0 Å². The number of anilines is 3. The quantitative estimate of drug-likeness (QED) is 0.340. The van der Waals surface area contributed by atoms with E-state index in [1.54, 1.807) is 35.3 Å². The Morgan fingerprint density at radius 1 is 1.07 bits per heavy atom. The number of aromatic nitrogens is 4. The molecule has 2 aliphatic heterocycles. The predicted molar refractivity (Wildman–Crippen MR) is 159 cm³/mol. The summed E-state index contributed by atoms with van der Waals surface area (Å²) in [6.07, 6.45) is 5.05. The molecule has 0 saturated carbocycles. The lowest BCUT2D eigenvalue weighted by atomic mass is 10.1. The molecule has 216 valence electrons. The fraction of sp³-hybridized carbons (Fsp3) is 0.393. The summed E-state index contributed by atoms with van der Waals surface area (Å²) < 4.78 is 43.5. The van der Waals surface area contributed by atoms with Crippen molar-refractivity contribution in [2.45, 2.75) is 32.5 Å². The average molecular weight is 601 g/mol. The third kappa shape index (κ3) is 6.06. The number of halogens is 3. The van der Waals surface area contributed by atoms with Crippen molar-refractivity contribution in [1.29, 1.82) is 0 Å². The van der Waals surface area contributed by atoms with Crippen LogP contribution in [0.25, 0.3) is 16.7 Å². The van der Waals surface area contributed by atoms with Gasteiger partial charge in [0.25, 0.3) is 0 Å². The van der Waals surface area contributed by atoms with Crippen LogP contribution in [-0.2, 0) is 17.3 Å². The van der Waals surface area contributed by atoms with Gasteiger partial charge in [0.05, 0.1) is 22.6 Å². The molecule has 13 heteroatoms. The smallest absolute Gasteiger partial charge is 0.229 e. The number of nitrogens with one attached hydrogen (secondary N) is 2. The SMILES string of the molecule is CC1CN(c2ncc(Nc3ncc4ccn(-c5cc(F)c(CN6CCS(=O)CC6)c(F)c5)c4n3)cc2Cl)CC(C)N1. The fourth-order valence-electron chi connectivity index (χ4n) is 5.48. The number of benzene rings is 1. The van der Waals surface area contributed by atoms with Gasteiger partial charge in [-0.1, -0.05) is 11.6 Å². The van der Waals surface area contributed by atoms with Crippen LogP contribution in [-0.4, -0.2) is 78.4 Å². The number of hydrogen-bond donors (Lipinski definition) is 2. The van der Waals surface area contributed by atoms with Crippen LogP contribution in [0.4, 0.5) is 26.2 Å². The van der Waals surface area contributed by atoms with Gasteiger partial charge in [-0.05, 0) is 38.1 Å². The van der Waals surface area contributed by atoms with Crippen molar-refractivity contribution in [3.8, 4) is 5.69 Å². The minimum atomic E-state index is -0.852. The number of piperazine rings is 1. The van der Waals surface area contributed by atoms with Gasteiger partial charge in [-0.2, -0.15) is 4.98 Å². The number of nitrogens with zero attached hydrogens (tertiary/aromatic N) is 6. The molecular weight excluding hydrogens is 570 g/mol. The van der Waals surface area contributed by atoms with Crippen LogP contribution in [0.15, 0.2) is 42.9 Å². The maximum absolute atomic E-state index is 15.1. The van der Waals surface area contributed by atoms with Gasteiger partial charge < -0.3 is 20.1 Å². The Labute approximate surface area is 244 Å². The molecule has 0 aliphatic carbocycles. The number of hydrogen-bond acceptors (Lipinski definition) is 8. The molecule has 6 rings (SSSR count). The van der Waals surface area contributed by atoms with Gasteiger partial charge in [0.2, 0.25) is 5.95 Å². The number of rotatable bonds is 6. The summed E-state index contributed by atoms with van der Waals surface area (Å²) in [7, 11) is -0.852. The van der Waals surface area contributed by atoms with Gasteiger partial charge in [-0.25, -0.2) is 18.7 Å². The Hall–Kier alpha value is -3.19. The van der Waals surface area contributed by atoms with E-state index in [2.05, 4.69) is 44.3 Å². The summed E-state index contributed by atoms with van der Waals surface area (Å²) in [5.74, 6) is 0.810. The molecule has 3 aromatic heterocycles. The highest BCUT2D eigenvalue weighted by molar-refractivity contribution is 7.85. The van der Waals surface area contributed by atoms with E-state index in [1.807, 2.05) is 4.90 Å². The normalized spacial score (nSPS) is 20.6. The van der Waals surface area contributed by atoms with Gasteiger partial charge in [0, 0.05) is 90.5 Å². The Bertz CT molecular complexity index is 1570. The molecule has 2 N–H and O–H groups in total. The lowest BCUT2D eigenvalue weighted by Crippen LogP contribution is -2.54. The van der Waals surface area contributed by atoms with Crippen molar-refractivity contribution in [1.82, 2.24) is 29.7 Å². The first-order valence-electron chi connectivity index (χ1n) is 13.6. The lowest BCUT2D eigenvalue weighted by molar-refractivity contribution is 0.282. The number of fused-ring (bicyclic) bond motifs is 1. The molecule has 2 aliphatic rings. The van der Waals surface area contributed by atoms with Crippen LogP contribution < -0.4 is 15.5 Å². The summed E-state index contributed by atoms with van der Waals surface area (Å²) in [5.41, 5.74) is 1.44. The van der Waals surface area contributed by atoms with E-state index in [9.17, 15) is 4.21 Å². The first-order valence-corrected chi connectivity index (χ1v) is 15.4. The minimum Gasteiger partial charge on any atom is -0.352 e. The second-order valence-corrected chi connectivity index (χ2v) is 12.8. The molecule has 4 aromatic rings. The van der Waals surface area contributed by atoms with Crippen LogP contribution in [0, 0.1) is 11.6 Å². The third-order valence-corrected chi connectivity index (χ3v) is 8.97. The minimum absolute atomic E-state index is 0.00688. The first-order chi connectivity index (χ1) is 19.7. The van der Waals surface area contributed by atoms with Crippen LogP contribution in [0.5, 0.6) is 0 Å². The standard InChI is InChI=1S/C28H31ClF2N8OS/c1-17-14-38(15-18(2)34-17)27-23(29)9-20(13-32-27)35-28-33-12-19-3-4-39(26(19)36-28)21-10-24(30)22(25(31)11-21)16-37-5-7-41(40)8-6-37/h3-4,9-13,17-18,34H,5-8,14-16H2,1-2H3,(H,33,35,36). The molecule has 9 nitrogen and oxygen atoms in total. The molecule has 2 saturated heterocycles. The average Bonchev–Trinajstić information content (AvgIpc) is 3.34. The van der Waals surface area contributed by atoms with E-state index >= 15 is 8.78 Å². The van der Waals surface area contributed by atoms with E-state index in [1.165, 1.54) is 12.1 Å². The van der Waals surface area contributed by atoms with E-state index < -0.39 is 22.4 Å². The summed E-state index contributed by atoms with van der Waals surface area (Å²) >= 11 is 6.62. The second-order valence-electron chi connectivity index (χ2n) is 10.7. The van der Waals surface area contributed by atoms with Crippen molar-refractivity contribution >= 4 is 50.9 Å². The predicted octanol–water partition coefficient (Wildman–Crippen LogP) is 4.24. The Morgan fingerprint density at radius 2 is 1.78 bits per heavy atom. The second kappa shape index (κ2) is 11.6. The molecule has 2 fully saturated rings. The lowest BCUT2D eigenvalue weighted by Gasteiger charge is -2.37. The van der Waals surface area contributed by atoms with E-state index in [4.69, 9.17) is 11.6 Å². The molecule has 0 spiro atoms. The van der Waals surface area contributed by atoms with E-state index in [0.717, 1.165) is 24.3 Å². The molecule has 0 amide bonds. The summed E-state index contributed by atoms with van der Waals surface area (Å²) in [5, 5.41) is 7.88. The Morgan fingerprint density at radius 3 is 2.46 bits per heavy atom. The Balaban J connectivity index is 1.22. The summed E-state index contributed by atoms with van der Waals surface area (Å²) in [4.78, 5) is 17.7. The van der Waals surface area contributed by atoms with Gasteiger partial charge in [0.15, 0.2) is 0 Å². The van der Waals surface area contributed by atoms with Gasteiger partial charge >= 0.3 is 0 Å². The highest BCUT2D eigenvalue weighted by Crippen LogP contribution is 2.29. The molecule has 2 unspecified atom stereocenters. The van der Waals surface area contributed by atoms with Crippen molar-refractivity contribution < 1.29 is 13.0 Å². The molecule has 1 aromatic carbocycles. The largest absolute Gasteiger partial charge is 0.352 e. The fourth-order valence-corrected chi connectivity index (χ4v) is 6.90. The summed E-state index contributed by atoms with van der Waals surface area (Å²) in [6.45, 7) is 7.13. The third-order valence-electron chi connectivity index (χ3n) is 7.42. The first kappa shape index (κ1) is 28.0. The Kier molecular flexibility index (Phi) is 7.90. The molecule has 0 radical (unpaired) electrons. The molecule has 41 heavy (non-hydrogen) atoms. The van der Waals surface area contributed by atoms with E-state index in [0.29, 0.717) is 64.7 Å². The molecule has 5 heterocycles. The van der Waals surface area contributed by atoms with Crippen LogP contribution in [0.1, 0.15) is 19.4 Å². The zero-order valence-corrected chi connectivity index (χ0v) is 24.4. The van der Waals surface area contributed by atoms with Gasteiger partial charge in [0.1, 0.15) is 23.1 Å². The van der Waals surface area contributed by atoms with Crippen molar-refractivity contribution in [3.05, 3.63) is 65.1 Å². The zero-order chi connectivity index (χ0) is 28.7. The highest BCUT2D eigenvalue weighted by atomic mass is 35.5. The maximum atomic E-state index is 15.1. The molecular formula is C28H31ClF2N8OS. The zero-order valence-electron chi connectivity index (χ0n) is 22.8. The van der Waals surface area contributed by atoms with Crippen LogP contribution in [0.3, 0.4) is 0 Å². The van der Waals surface area contributed by atoms with Crippen molar-refractivity contribution in [2.75, 3.05) is 47.9 Å². The maximum Gasteiger partial charge on any atom is 0.229 e. The van der Waals surface area contributed by atoms with E-state index in [-0.39, 0.29) is 12.1 Å². The van der Waals surface area contributed by atoms with Crippen molar-refractivity contribution in [2.24, 2.45) is 0 Å². The monoisotopic (exact) mass is 600 g/mol. The molecule has 0 bridgehead atoms. The number of pyridine rings is 1. The summed E-state index contributed by atoms with van der Waals surface area (Å²) in [6, 6.07) is 6.86. The highest BCUT2D eigenvalue weighted by Gasteiger charge is 2.24.